The summed E-state index contributed by atoms with van der Waals surface area (Å²) in [5.41, 5.74) is 2.96. The minimum absolute atomic E-state index is 0.0395. The number of para-hydroxylation sites is 1. The Labute approximate surface area is 151 Å². The highest BCUT2D eigenvalue weighted by atomic mass is 16.2. The molecule has 0 bridgehead atoms. The topological polar surface area (TPSA) is 50.2 Å². The van der Waals surface area contributed by atoms with Crippen molar-refractivity contribution in [2.24, 2.45) is 0 Å². The van der Waals surface area contributed by atoms with Crippen molar-refractivity contribution < 1.29 is 4.79 Å². The molecular formula is C20H30N4O. The lowest BCUT2D eigenvalue weighted by Gasteiger charge is -2.30. The minimum atomic E-state index is -0.190. The predicted octanol–water partition coefficient (Wildman–Crippen LogP) is 4.11. The second-order valence-corrected chi connectivity index (χ2v) is 7.81. The summed E-state index contributed by atoms with van der Waals surface area (Å²) in [7, 11) is 0. The Bertz CT molecular complexity index is 740. The summed E-state index contributed by atoms with van der Waals surface area (Å²) in [6.07, 6.45) is 0. The second kappa shape index (κ2) is 7.30. The third-order valence-corrected chi connectivity index (χ3v) is 4.10. The number of anilines is 2. The molecule has 1 amide bonds. The van der Waals surface area contributed by atoms with Crippen molar-refractivity contribution in [1.82, 2.24) is 9.78 Å². The normalized spacial score (nSPS) is 11.7. The number of aryl methyl sites for hydroxylation is 2. The summed E-state index contributed by atoms with van der Waals surface area (Å²) >= 11 is 0. The van der Waals surface area contributed by atoms with Gasteiger partial charge >= 0.3 is 0 Å². The SMILES string of the molecule is Cc1cc(NC(=O)CN(c2ccccc2C)C(C)C)n(C(C)(C)C)n1. The third kappa shape index (κ3) is 4.62. The van der Waals surface area contributed by atoms with Gasteiger partial charge in [0.05, 0.1) is 17.8 Å². The van der Waals surface area contributed by atoms with Crippen LogP contribution in [0.5, 0.6) is 0 Å². The Morgan fingerprint density at radius 3 is 2.44 bits per heavy atom. The van der Waals surface area contributed by atoms with Gasteiger partial charge in [-0.25, -0.2) is 4.68 Å². The monoisotopic (exact) mass is 342 g/mol. The van der Waals surface area contributed by atoms with Crippen molar-refractivity contribution in [3.63, 3.8) is 0 Å². The van der Waals surface area contributed by atoms with E-state index in [2.05, 4.69) is 69.0 Å². The highest BCUT2D eigenvalue weighted by molar-refractivity contribution is 5.93. The maximum atomic E-state index is 12.7. The Morgan fingerprint density at radius 1 is 1.24 bits per heavy atom. The summed E-state index contributed by atoms with van der Waals surface area (Å²) in [5, 5.41) is 7.54. The molecule has 0 spiro atoms. The molecule has 25 heavy (non-hydrogen) atoms. The average Bonchev–Trinajstić information content (AvgIpc) is 2.86. The van der Waals surface area contributed by atoms with E-state index in [1.807, 2.05) is 29.8 Å². The first-order valence-electron chi connectivity index (χ1n) is 8.79. The zero-order valence-electron chi connectivity index (χ0n) is 16.4. The maximum absolute atomic E-state index is 12.7. The molecule has 0 atom stereocenters. The van der Waals surface area contributed by atoms with E-state index >= 15 is 0 Å². The van der Waals surface area contributed by atoms with Crippen LogP contribution in [-0.2, 0) is 10.3 Å². The van der Waals surface area contributed by atoms with Crippen LogP contribution in [0.4, 0.5) is 11.5 Å². The maximum Gasteiger partial charge on any atom is 0.245 e. The van der Waals surface area contributed by atoms with Gasteiger partial charge in [0.1, 0.15) is 5.82 Å². The fraction of sp³-hybridized carbons (Fsp3) is 0.500. The number of amides is 1. The quantitative estimate of drug-likeness (QED) is 0.889. The van der Waals surface area contributed by atoms with E-state index in [1.165, 1.54) is 5.56 Å². The molecule has 5 heteroatoms. The number of hydrogen-bond donors (Lipinski definition) is 1. The van der Waals surface area contributed by atoms with Crippen LogP contribution >= 0.6 is 0 Å². The molecular weight excluding hydrogens is 312 g/mol. The van der Waals surface area contributed by atoms with Crippen molar-refractivity contribution in [3.05, 3.63) is 41.6 Å². The first-order chi connectivity index (χ1) is 11.6. The summed E-state index contributed by atoms with van der Waals surface area (Å²) in [5.74, 6) is 0.700. The molecule has 0 saturated carbocycles. The molecule has 1 heterocycles. The zero-order valence-corrected chi connectivity index (χ0v) is 16.4. The molecule has 0 aliphatic carbocycles. The molecule has 0 saturated heterocycles. The van der Waals surface area contributed by atoms with E-state index in [9.17, 15) is 4.79 Å². The van der Waals surface area contributed by atoms with Crippen LogP contribution < -0.4 is 10.2 Å². The Hall–Kier alpha value is -2.30. The molecule has 0 radical (unpaired) electrons. The van der Waals surface area contributed by atoms with Crippen LogP contribution in [0.2, 0.25) is 0 Å². The third-order valence-electron chi connectivity index (χ3n) is 4.10. The van der Waals surface area contributed by atoms with Crippen LogP contribution in [0, 0.1) is 13.8 Å². The van der Waals surface area contributed by atoms with E-state index in [-0.39, 0.29) is 17.5 Å². The van der Waals surface area contributed by atoms with E-state index in [1.54, 1.807) is 0 Å². The first kappa shape index (κ1) is 19.0. The molecule has 0 aliphatic rings. The molecule has 2 rings (SSSR count). The number of hydrogen-bond acceptors (Lipinski definition) is 3. The van der Waals surface area contributed by atoms with E-state index in [4.69, 9.17) is 0 Å². The van der Waals surface area contributed by atoms with Crippen LogP contribution in [0.3, 0.4) is 0 Å². The molecule has 1 aromatic heterocycles. The summed E-state index contributed by atoms with van der Waals surface area (Å²) < 4.78 is 1.87. The van der Waals surface area contributed by atoms with Gasteiger partial charge in [-0.1, -0.05) is 18.2 Å². The van der Waals surface area contributed by atoms with Crippen LogP contribution in [0.15, 0.2) is 30.3 Å². The van der Waals surface area contributed by atoms with Gasteiger partial charge in [0.15, 0.2) is 0 Å². The molecule has 136 valence electrons. The van der Waals surface area contributed by atoms with Crippen LogP contribution in [0.25, 0.3) is 0 Å². The van der Waals surface area contributed by atoms with E-state index < -0.39 is 0 Å². The van der Waals surface area contributed by atoms with Gasteiger partial charge in [-0.2, -0.15) is 5.10 Å². The number of carbonyl (C=O) groups is 1. The van der Waals surface area contributed by atoms with Gasteiger partial charge in [0.2, 0.25) is 5.91 Å². The van der Waals surface area contributed by atoms with Gasteiger partial charge in [-0.05, 0) is 60.1 Å². The van der Waals surface area contributed by atoms with Crippen molar-refractivity contribution in [2.45, 2.75) is 60.0 Å². The predicted molar refractivity (Wildman–Crippen MR) is 104 cm³/mol. The van der Waals surface area contributed by atoms with Crippen molar-refractivity contribution in [2.75, 3.05) is 16.8 Å². The minimum Gasteiger partial charge on any atom is -0.360 e. The van der Waals surface area contributed by atoms with Gasteiger partial charge in [0, 0.05) is 17.8 Å². The molecule has 2 aromatic rings. The molecule has 0 unspecified atom stereocenters. The Morgan fingerprint density at radius 2 is 1.88 bits per heavy atom. The molecule has 5 nitrogen and oxygen atoms in total. The van der Waals surface area contributed by atoms with E-state index in [0.29, 0.717) is 6.54 Å². The number of nitrogens with one attached hydrogen (secondary N) is 1. The number of benzene rings is 1. The first-order valence-corrected chi connectivity index (χ1v) is 8.79. The summed E-state index contributed by atoms with van der Waals surface area (Å²) in [6.45, 7) is 14.7. The fourth-order valence-electron chi connectivity index (χ4n) is 2.87. The van der Waals surface area contributed by atoms with E-state index in [0.717, 1.165) is 17.2 Å². The van der Waals surface area contributed by atoms with Gasteiger partial charge in [0.25, 0.3) is 0 Å². The molecule has 0 aliphatic heterocycles. The standard InChI is InChI=1S/C20H30N4O/c1-14(2)23(17-11-9-8-10-15(17)3)13-19(25)21-18-12-16(4)22-24(18)20(5,6)7/h8-12,14H,13H2,1-7H3,(H,21,25). The highest BCUT2D eigenvalue weighted by Gasteiger charge is 2.22. The largest absolute Gasteiger partial charge is 0.360 e. The highest BCUT2D eigenvalue weighted by Crippen LogP contribution is 2.23. The smallest absolute Gasteiger partial charge is 0.245 e. The number of rotatable bonds is 5. The average molecular weight is 342 g/mol. The summed E-state index contributed by atoms with van der Waals surface area (Å²) in [4.78, 5) is 14.8. The van der Waals surface area contributed by atoms with Gasteiger partial charge in [-0.3, -0.25) is 4.79 Å². The second-order valence-electron chi connectivity index (χ2n) is 7.81. The lowest BCUT2D eigenvalue weighted by atomic mass is 10.1. The number of nitrogens with zero attached hydrogens (tertiary/aromatic N) is 3. The zero-order chi connectivity index (χ0) is 18.8. The van der Waals surface area contributed by atoms with Crippen LogP contribution in [0.1, 0.15) is 45.9 Å². The fourth-order valence-corrected chi connectivity index (χ4v) is 2.87. The Balaban J connectivity index is 2.20. The van der Waals surface area contributed by atoms with Crippen molar-refractivity contribution in [3.8, 4) is 0 Å². The molecule has 0 fully saturated rings. The van der Waals surface area contributed by atoms with Gasteiger partial charge in [-0.15, -0.1) is 0 Å². The van der Waals surface area contributed by atoms with Gasteiger partial charge < -0.3 is 10.2 Å². The Kier molecular flexibility index (Phi) is 5.55. The molecule has 1 aromatic carbocycles. The lowest BCUT2D eigenvalue weighted by Crippen LogP contribution is -2.39. The van der Waals surface area contributed by atoms with Crippen molar-refractivity contribution >= 4 is 17.4 Å². The lowest BCUT2D eigenvalue weighted by molar-refractivity contribution is -0.115. The number of carbonyl (C=O) groups excluding carboxylic acids is 1. The summed E-state index contributed by atoms with van der Waals surface area (Å²) in [6, 6.07) is 10.3. The van der Waals surface area contributed by atoms with Crippen molar-refractivity contribution in [1.29, 1.82) is 0 Å². The van der Waals surface area contributed by atoms with Crippen LogP contribution in [-0.4, -0.2) is 28.3 Å². The number of aromatic nitrogens is 2. The molecule has 1 N–H and O–H groups in total.